The fourth-order valence-corrected chi connectivity index (χ4v) is 2.79. The van der Waals surface area contributed by atoms with Crippen molar-refractivity contribution in [1.29, 1.82) is 0 Å². The van der Waals surface area contributed by atoms with E-state index < -0.39 is 16.6 Å². The summed E-state index contributed by atoms with van der Waals surface area (Å²) in [5.74, 6) is -0.660. The van der Waals surface area contributed by atoms with Crippen molar-refractivity contribution in [3.05, 3.63) is 59.7 Å². The van der Waals surface area contributed by atoms with E-state index in [1.54, 1.807) is 18.2 Å². The van der Waals surface area contributed by atoms with Crippen LogP contribution >= 0.6 is 0 Å². The van der Waals surface area contributed by atoms with Gasteiger partial charge in [-0.3, -0.25) is 4.79 Å². The number of hydrogen-bond donors (Lipinski definition) is 2. The largest absolute Gasteiger partial charge is 0.435 e. The molecule has 0 heterocycles. The number of sulfonamides is 1. The highest BCUT2D eigenvalue weighted by Crippen LogP contribution is 2.16. The van der Waals surface area contributed by atoms with E-state index in [0.29, 0.717) is 16.8 Å². The van der Waals surface area contributed by atoms with Crippen molar-refractivity contribution in [2.45, 2.75) is 18.8 Å². The lowest BCUT2D eigenvalue weighted by molar-refractivity contribution is -0.115. The second-order valence-corrected chi connectivity index (χ2v) is 6.87. The molecule has 6 nitrogen and oxygen atoms in total. The van der Waals surface area contributed by atoms with Gasteiger partial charge in [0.15, 0.2) is 0 Å². The van der Waals surface area contributed by atoms with Crippen molar-refractivity contribution < 1.29 is 26.7 Å². The third-order valence-electron chi connectivity index (χ3n) is 3.09. The number of carbonyl (C=O) groups excluding carboxylic acids is 1. The highest BCUT2D eigenvalue weighted by Gasteiger charge is 2.09. The number of nitrogens with two attached hydrogens (primary N) is 1. The number of hydrogen-bond acceptors (Lipinski definition) is 4. The van der Waals surface area contributed by atoms with Gasteiger partial charge in [0.25, 0.3) is 0 Å². The highest BCUT2D eigenvalue weighted by molar-refractivity contribution is 7.88. The maximum atomic E-state index is 12.1. The average molecular weight is 370 g/mol. The SMILES string of the molecule is NS(=O)(=O)Cc1cccc(NC(=O)Cc2ccc(OC(F)F)cc2)c1. The number of benzene rings is 2. The fraction of sp³-hybridized carbons (Fsp3) is 0.188. The molecular weight excluding hydrogens is 354 g/mol. The molecular formula is C16H16F2N2O4S. The Balaban J connectivity index is 1.97. The molecule has 0 aliphatic rings. The second kappa shape index (κ2) is 8.04. The van der Waals surface area contributed by atoms with E-state index >= 15 is 0 Å². The Kier molecular flexibility index (Phi) is 6.05. The molecule has 25 heavy (non-hydrogen) atoms. The molecule has 0 bridgehead atoms. The van der Waals surface area contributed by atoms with Crippen LogP contribution in [-0.4, -0.2) is 20.9 Å². The zero-order chi connectivity index (χ0) is 18.4. The Labute approximate surface area is 143 Å². The van der Waals surface area contributed by atoms with Crippen molar-refractivity contribution in [3.8, 4) is 5.75 Å². The Morgan fingerprint density at radius 1 is 1.12 bits per heavy atom. The second-order valence-electron chi connectivity index (χ2n) is 5.25. The van der Waals surface area contributed by atoms with E-state index in [1.807, 2.05) is 0 Å². The van der Waals surface area contributed by atoms with Gasteiger partial charge in [0, 0.05) is 5.69 Å². The quantitative estimate of drug-likeness (QED) is 0.781. The molecule has 0 unspecified atom stereocenters. The van der Waals surface area contributed by atoms with E-state index in [1.165, 1.54) is 30.3 Å². The van der Waals surface area contributed by atoms with E-state index in [-0.39, 0.29) is 23.8 Å². The van der Waals surface area contributed by atoms with Crippen molar-refractivity contribution in [3.63, 3.8) is 0 Å². The smallest absolute Gasteiger partial charge is 0.387 e. The molecule has 0 saturated carbocycles. The summed E-state index contributed by atoms with van der Waals surface area (Å²) >= 11 is 0. The van der Waals surface area contributed by atoms with Crippen LogP contribution in [-0.2, 0) is 27.0 Å². The van der Waals surface area contributed by atoms with Gasteiger partial charge in [-0.2, -0.15) is 8.78 Å². The molecule has 0 aliphatic carbocycles. The van der Waals surface area contributed by atoms with E-state index in [4.69, 9.17) is 5.14 Å². The number of halogens is 2. The molecule has 2 aromatic carbocycles. The first-order chi connectivity index (χ1) is 11.7. The van der Waals surface area contributed by atoms with Crippen LogP contribution in [0.2, 0.25) is 0 Å². The Hall–Kier alpha value is -2.52. The van der Waals surface area contributed by atoms with Crippen LogP contribution in [0.3, 0.4) is 0 Å². The predicted molar refractivity (Wildman–Crippen MR) is 88.7 cm³/mol. The highest BCUT2D eigenvalue weighted by atomic mass is 32.2. The molecule has 0 aliphatic heterocycles. The summed E-state index contributed by atoms with van der Waals surface area (Å²) in [6, 6.07) is 12.0. The number of nitrogens with one attached hydrogen (secondary N) is 1. The zero-order valence-electron chi connectivity index (χ0n) is 13.0. The lowest BCUT2D eigenvalue weighted by atomic mass is 10.1. The van der Waals surface area contributed by atoms with Gasteiger partial charge in [-0.15, -0.1) is 0 Å². The number of alkyl halides is 2. The summed E-state index contributed by atoms with van der Waals surface area (Å²) in [7, 11) is -3.66. The van der Waals surface area contributed by atoms with Gasteiger partial charge in [0.2, 0.25) is 15.9 Å². The molecule has 1 amide bonds. The number of anilines is 1. The third kappa shape index (κ3) is 6.86. The van der Waals surface area contributed by atoms with Crippen LogP contribution in [0, 0.1) is 0 Å². The Bertz CT molecular complexity index is 839. The number of primary sulfonamides is 1. The normalized spacial score (nSPS) is 11.4. The van der Waals surface area contributed by atoms with Gasteiger partial charge < -0.3 is 10.1 Å². The van der Waals surface area contributed by atoms with Gasteiger partial charge >= 0.3 is 6.61 Å². The summed E-state index contributed by atoms with van der Waals surface area (Å²) < 4.78 is 50.6. The van der Waals surface area contributed by atoms with Crippen molar-refractivity contribution in [2.24, 2.45) is 5.14 Å². The molecule has 3 N–H and O–H groups in total. The maximum Gasteiger partial charge on any atom is 0.387 e. The number of ether oxygens (including phenoxy) is 1. The monoisotopic (exact) mass is 370 g/mol. The van der Waals surface area contributed by atoms with Crippen molar-refractivity contribution in [1.82, 2.24) is 0 Å². The topological polar surface area (TPSA) is 98.5 Å². The molecule has 0 atom stereocenters. The van der Waals surface area contributed by atoms with Crippen LogP contribution in [0.1, 0.15) is 11.1 Å². The van der Waals surface area contributed by atoms with Gasteiger partial charge in [0.1, 0.15) is 5.75 Å². The number of carbonyl (C=O) groups is 1. The molecule has 2 rings (SSSR count). The first kappa shape index (κ1) is 18.8. The molecule has 0 saturated heterocycles. The molecule has 0 radical (unpaired) electrons. The molecule has 9 heteroatoms. The molecule has 0 fully saturated rings. The minimum absolute atomic E-state index is 0.00912. The van der Waals surface area contributed by atoms with Crippen molar-refractivity contribution >= 4 is 21.6 Å². The fourth-order valence-electron chi connectivity index (χ4n) is 2.15. The lowest BCUT2D eigenvalue weighted by Gasteiger charge is -2.08. The lowest BCUT2D eigenvalue weighted by Crippen LogP contribution is -2.16. The molecule has 0 spiro atoms. The summed E-state index contributed by atoms with van der Waals surface area (Å²) in [4.78, 5) is 12.0. The summed E-state index contributed by atoms with van der Waals surface area (Å²) in [6.07, 6.45) is 0.0222. The van der Waals surface area contributed by atoms with Gasteiger partial charge in [-0.1, -0.05) is 24.3 Å². The summed E-state index contributed by atoms with van der Waals surface area (Å²) in [5, 5.41) is 7.63. The molecule has 134 valence electrons. The predicted octanol–water partition coefficient (Wildman–Crippen LogP) is 2.26. The maximum absolute atomic E-state index is 12.1. The van der Waals surface area contributed by atoms with Crippen LogP contribution in [0.4, 0.5) is 14.5 Å². The standard InChI is InChI=1S/C16H16F2N2O4S/c17-16(18)24-14-6-4-11(5-7-14)9-15(21)20-13-3-1-2-12(8-13)10-25(19,22)23/h1-8,16H,9-10H2,(H,20,21)(H2,19,22,23). The van der Waals surface area contributed by atoms with Gasteiger partial charge in [0.05, 0.1) is 12.2 Å². The Morgan fingerprint density at radius 2 is 1.80 bits per heavy atom. The van der Waals surface area contributed by atoms with Crippen molar-refractivity contribution in [2.75, 3.05) is 5.32 Å². The van der Waals surface area contributed by atoms with E-state index in [9.17, 15) is 22.0 Å². The summed E-state index contributed by atoms with van der Waals surface area (Å²) in [5.41, 5.74) is 1.50. The molecule has 0 aromatic heterocycles. The van der Waals surface area contributed by atoms with Crippen LogP contribution in [0.5, 0.6) is 5.75 Å². The average Bonchev–Trinajstić information content (AvgIpc) is 2.47. The summed E-state index contributed by atoms with van der Waals surface area (Å²) in [6.45, 7) is -2.90. The number of rotatable bonds is 7. The zero-order valence-corrected chi connectivity index (χ0v) is 13.8. The minimum atomic E-state index is -3.66. The van der Waals surface area contributed by atoms with Crippen LogP contribution in [0.25, 0.3) is 0 Å². The third-order valence-corrected chi connectivity index (χ3v) is 3.83. The number of amides is 1. The Morgan fingerprint density at radius 3 is 2.40 bits per heavy atom. The van der Waals surface area contributed by atoms with E-state index in [2.05, 4.69) is 10.1 Å². The van der Waals surface area contributed by atoms with Crippen LogP contribution < -0.4 is 15.2 Å². The minimum Gasteiger partial charge on any atom is -0.435 e. The van der Waals surface area contributed by atoms with Gasteiger partial charge in [-0.05, 0) is 35.4 Å². The van der Waals surface area contributed by atoms with E-state index in [0.717, 1.165) is 0 Å². The van der Waals surface area contributed by atoms with Gasteiger partial charge in [-0.25, -0.2) is 13.6 Å². The van der Waals surface area contributed by atoms with Crippen LogP contribution in [0.15, 0.2) is 48.5 Å². The first-order valence-electron chi connectivity index (χ1n) is 7.14. The first-order valence-corrected chi connectivity index (χ1v) is 8.86. The molecule has 2 aromatic rings.